The van der Waals surface area contributed by atoms with E-state index in [0.29, 0.717) is 6.17 Å². The van der Waals surface area contributed by atoms with Gasteiger partial charge in [-0.3, -0.25) is 9.80 Å². The smallest absolute Gasteiger partial charge is 0.104 e. The molecule has 2 atom stereocenters. The molecule has 0 saturated carbocycles. The van der Waals surface area contributed by atoms with E-state index >= 15 is 0 Å². The van der Waals surface area contributed by atoms with Gasteiger partial charge in [-0.05, 0) is 20.9 Å². The van der Waals surface area contributed by atoms with Crippen molar-refractivity contribution in [2.24, 2.45) is 0 Å². The largest absolute Gasteiger partial charge is 0.379 e. The standard InChI is InChI=1S/C9H21N3O/c1-8(10-3)11-4-6-12(7-5-11)9(2)13/h8-10,13H,4-7H2,1-3H3. The Kier molecular flexibility index (Phi) is 4.12. The SMILES string of the molecule is CNC(C)N1CCN(C(C)O)CC1. The van der Waals surface area contributed by atoms with Crippen LogP contribution < -0.4 is 5.32 Å². The van der Waals surface area contributed by atoms with Gasteiger partial charge in [-0.2, -0.15) is 0 Å². The summed E-state index contributed by atoms with van der Waals surface area (Å²) in [5.41, 5.74) is 0. The summed E-state index contributed by atoms with van der Waals surface area (Å²) in [6, 6.07) is 0. The second-order valence-electron chi connectivity index (χ2n) is 3.67. The van der Waals surface area contributed by atoms with Crippen molar-refractivity contribution in [3.63, 3.8) is 0 Å². The zero-order valence-electron chi connectivity index (χ0n) is 8.82. The molecule has 0 aromatic heterocycles. The van der Waals surface area contributed by atoms with Crippen LogP contribution in [-0.2, 0) is 0 Å². The highest BCUT2D eigenvalue weighted by molar-refractivity contribution is 4.74. The van der Waals surface area contributed by atoms with Gasteiger partial charge in [-0.25, -0.2) is 0 Å². The van der Waals surface area contributed by atoms with E-state index in [2.05, 4.69) is 22.0 Å². The first-order chi connectivity index (χ1) is 6.15. The second kappa shape index (κ2) is 4.91. The number of nitrogens with zero attached hydrogens (tertiary/aromatic N) is 2. The van der Waals surface area contributed by atoms with Crippen molar-refractivity contribution in [1.29, 1.82) is 0 Å². The first-order valence-corrected chi connectivity index (χ1v) is 4.98. The number of rotatable bonds is 3. The number of nitrogens with one attached hydrogen (secondary N) is 1. The molecule has 0 aromatic rings. The highest BCUT2D eigenvalue weighted by Gasteiger charge is 2.21. The highest BCUT2D eigenvalue weighted by atomic mass is 16.3. The first-order valence-electron chi connectivity index (χ1n) is 4.98. The molecule has 2 N–H and O–H groups in total. The monoisotopic (exact) mass is 187 g/mol. The van der Waals surface area contributed by atoms with Crippen LogP contribution in [0.15, 0.2) is 0 Å². The molecule has 4 nitrogen and oxygen atoms in total. The maximum absolute atomic E-state index is 9.35. The summed E-state index contributed by atoms with van der Waals surface area (Å²) in [5, 5.41) is 12.6. The van der Waals surface area contributed by atoms with E-state index in [1.54, 1.807) is 0 Å². The van der Waals surface area contributed by atoms with Crippen LogP contribution in [0.25, 0.3) is 0 Å². The fourth-order valence-corrected chi connectivity index (χ4v) is 1.68. The molecule has 0 radical (unpaired) electrons. The number of aliphatic hydroxyl groups excluding tert-OH is 1. The van der Waals surface area contributed by atoms with Crippen LogP contribution >= 0.6 is 0 Å². The van der Waals surface area contributed by atoms with E-state index in [9.17, 15) is 5.11 Å². The molecule has 13 heavy (non-hydrogen) atoms. The lowest BCUT2D eigenvalue weighted by Gasteiger charge is -2.38. The van der Waals surface area contributed by atoms with Crippen molar-refractivity contribution in [3.05, 3.63) is 0 Å². The van der Waals surface area contributed by atoms with Crippen LogP contribution in [0.1, 0.15) is 13.8 Å². The average Bonchev–Trinajstić information content (AvgIpc) is 2.17. The zero-order valence-corrected chi connectivity index (χ0v) is 8.82. The van der Waals surface area contributed by atoms with E-state index in [1.165, 1.54) is 0 Å². The van der Waals surface area contributed by atoms with Gasteiger partial charge in [-0.1, -0.05) is 0 Å². The molecule has 78 valence electrons. The van der Waals surface area contributed by atoms with E-state index in [-0.39, 0.29) is 6.23 Å². The predicted octanol–water partition coefficient (Wildman–Crippen LogP) is -0.492. The Bertz CT molecular complexity index is 144. The van der Waals surface area contributed by atoms with E-state index in [0.717, 1.165) is 26.2 Å². The highest BCUT2D eigenvalue weighted by Crippen LogP contribution is 2.06. The zero-order chi connectivity index (χ0) is 9.84. The number of hydrogen-bond donors (Lipinski definition) is 2. The van der Waals surface area contributed by atoms with Crippen LogP contribution in [0.4, 0.5) is 0 Å². The van der Waals surface area contributed by atoms with Gasteiger partial charge in [0.05, 0.1) is 6.17 Å². The van der Waals surface area contributed by atoms with Gasteiger partial charge in [0.1, 0.15) is 6.23 Å². The molecule has 1 saturated heterocycles. The van der Waals surface area contributed by atoms with Gasteiger partial charge >= 0.3 is 0 Å². The lowest BCUT2D eigenvalue weighted by Crippen LogP contribution is -2.54. The third kappa shape index (κ3) is 2.91. The Labute approximate surface area is 80.5 Å². The fraction of sp³-hybridized carbons (Fsp3) is 1.00. The van der Waals surface area contributed by atoms with E-state index < -0.39 is 0 Å². The van der Waals surface area contributed by atoms with Crippen LogP contribution in [-0.4, -0.2) is 60.5 Å². The topological polar surface area (TPSA) is 38.7 Å². The van der Waals surface area contributed by atoms with Gasteiger partial charge < -0.3 is 10.4 Å². The van der Waals surface area contributed by atoms with Crippen molar-refractivity contribution in [3.8, 4) is 0 Å². The van der Waals surface area contributed by atoms with E-state index in [4.69, 9.17) is 0 Å². The molecule has 1 aliphatic heterocycles. The van der Waals surface area contributed by atoms with Crippen LogP contribution in [0.3, 0.4) is 0 Å². The molecule has 0 bridgehead atoms. The number of piperazine rings is 1. The molecular weight excluding hydrogens is 166 g/mol. The van der Waals surface area contributed by atoms with Crippen molar-refractivity contribution < 1.29 is 5.11 Å². The first kappa shape index (κ1) is 10.9. The quantitative estimate of drug-likeness (QED) is 0.625. The van der Waals surface area contributed by atoms with Gasteiger partial charge in [0.2, 0.25) is 0 Å². The Hall–Kier alpha value is -0.160. The van der Waals surface area contributed by atoms with Crippen LogP contribution in [0.2, 0.25) is 0 Å². The molecule has 0 amide bonds. The fourth-order valence-electron chi connectivity index (χ4n) is 1.68. The number of aliphatic hydroxyl groups is 1. The summed E-state index contributed by atoms with van der Waals surface area (Å²) in [6.45, 7) is 7.99. The van der Waals surface area contributed by atoms with Crippen LogP contribution in [0, 0.1) is 0 Å². The Morgan fingerprint density at radius 3 is 1.92 bits per heavy atom. The second-order valence-corrected chi connectivity index (χ2v) is 3.67. The summed E-state index contributed by atoms with van der Waals surface area (Å²) in [6.07, 6.45) is 0.142. The minimum Gasteiger partial charge on any atom is -0.379 e. The van der Waals surface area contributed by atoms with Crippen molar-refractivity contribution in [2.75, 3.05) is 33.2 Å². The Balaban J connectivity index is 2.30. The van der Waals surface area contributed by atoms with Gasteiger partial charge in [0.25, 0.3) is 0 Å². The predicted molar refractivity (Wildman–Crippen MR) is 53.3 cm³/mol. The molecule has 1 heterocycles. The summed E-state index contributed by atoms with van der Waals surface area (Å²) in [5.74, 6) is 0. The molecule has 1 aliphatic rings. The minimum absolute atomic E-state index is 0.299. The van der Waals surface area contributed by atoms with Crippen molar-refractivity contribution >= 4 is 0 Å². The van der Waals surface area contributed by atoms with Crippen molar-refractivity contribution in [1.82, 2.24) is 15.1 Å². The third-order valence-corrected chi connectivity index (χ3v) is 2.84. The van der Waals surface area contributed by atoms with E-state index in [1.807, 2.05) is 14.0 Å². The Morgan fingerprint density at radius 1 is 1.08 bits per heavy atom. The molecule has 1 fully saturated rings. The lowest BCUT2D eigenvalue weighted by molar-refractivity contribution is -0.0218. The maximum Gasteiger partial charge on any atom is 0.104 e. The van der Waals surface area contributed by atoms with Crippen molar-refractivity contribution in [2.45, 2.75) is 26.2 Å². The molecule has 0 aromatic carbocycles. The molecule has 0 spiro atoms. The van der Waals surface area contributed by atoms with Gasteiger partial charge in [0.15, 0.2) is 0 Å². The summed E-state index contributed by atoms with van der Waals surface area (Å²) >= 11 is 0. The summed E-state index contributed by atoms with van der Waals surface area (Å²) in [4.78, 5) is 4.48. The molecular formula is C9H21N3O. The normalized spacial score (nSPS) is 25.8. The molecule has 1 rings (SSSR count). The third-order valence-electron chi connectivity index (χ3n) is 2.84. The summed E-state index contributed by atoms with van der Waals surface area (Å²) < 4.78 is 0. The molecule has 4 heteroatoms. The number of hydrogen-bond acceptors (Lipinski definition) is 4. The van der Waals surface area contributed by atoms with Gasteiger partial charge in [-0.15, -0.1) is 0 Å². The Morgan fingerprint density at radius 2 is 1.54 bits per heavy atom. The molecule has 0 aliphatic carbocycles. The summed E-state index contributed by atoms with van der Waals surface area (Å²) in [7, 11) is 1.98. The van der Waals surface area contributed by atoms with Crippen LogP contribution in [0.5, 0.6) is 0 Å². The minimum atomic E-state index is -0.299. The van der Waals surface area contributed by atoms with Gasteiger partial charge in [0, 0.05) is 26.2 Å². The maximum atomic E-state index is 9.35. The average molecular weight is 187 g/mol. The molecule has 2 unspecified atom stereocenters. The lowest BCUT2D eigenvalue weighted by atomic mass is 10.3.